The van der Waals surface area contributed by atoms with Gasteiger partial charge in [-0.25, -0.2) is 0 Å². The van der Waals surface area contributed by atoms with Crippen molar-refractivity contribution < 1.29 is 18.9 Å². The van der Waals surface area contributed by atoms with E-state index in [4.69, 9.17) is 18.9 Å². The number of ether oxygens (including phenoxy) is 4. The minimum Gasteiger partial charge on any atom is -0.379 e. The molecule has 0 aromatic rings. The van der Waals surface area contributed by atoms with E-state index in [9.17, 15) is 0 Å². The van der Waals surface area contributed by atoms with Gasteiger partial charge in [-0.3, -0.25) is 0 Å². The third-order valence-corrected chi connectivity index (χ3v) is 3.99. The Kier molecular flexibility index (Phi) is 6.23. The van der Waals surface area contributed by atoms with Crippen LogP contribution in [0.15, 0.2) is 0 Å². The van der Waals surface area contributed by atoms with Crippen molar-refractivity contribution in [2.24, 2.45) is 5.92 Å². The minimum atomic E-state index is -0.392. The van der Waals surface area contributed by atoms with Crippen LogP contribution in [0, 0.1) is 5.92 Å². The summed E-state index contributed by atoms with van der Waals surface area (Å²) in [6.45, 7) is 7.78. The third-order valence-electron chi connectivity index (χ3n) is 3.99. The SMILES string of the molecule is CNC1CCC2(CC1OCCOCC(C)C)OCCO2. The molecule has 118 valence electrons. The molecule has 2 unspecified atom stereocenters. The molecule has 1 N–H and O–H groups in total. The van der Waals surface area contributed by atoms with Crippen LogP contribution in [-0.2, 0) is 18.9 Å². The number of hydrogen-bond donors (Lipinski definition) is 1. The maximum Gasteiger partial charge on any atom is 0.171 e. The zero-order valence-electron chi connectivity index (χ0n) is 13.0. The molecule has 2 atom stereocenters. The molecule has 0 aromatic carbocycles. The van der Waals surface area contributed by atoms with Crippen molar-refractivity contribution in [3.63, 3.8) is 0 Å². The van der Waals surface area contributed by atoms with Gasteiger partial charge in [-0.1, -0.05) is 13.8 Å². The topological polar surface area (TPSA) is 49.0 Å². The quantitative estimate of drug-likeness (QED) is 0.720. The van der Waals surface area contributed by atoms with E-state index in [1.165, 1.54) is 0 Å². The molecule has 2 aliphatic rings. The van der Waals surface area contributed by atoms with Gasteiger partial charge in [0.25, 0.3) is 0 Å². The first-order valence-electron chi connectivity index (χ1n) is 7.80. The van der Waals surface area contributed by atoms with Gasteiger partial charge in [0, 0.05) is 25.5 Å². The number of likely N-dealkylation sites (N-methyl/N-ethyl adjacent to an activating group) is 1. The fourth-order valence-corrected chi connectivity index (χ4v) is 2.95. The fraction of sp³-hybridized carbons (Fsp3) is 1.00. The molecule has 2 rings (SSSR count). The average molecular weight is 287 g/mol. The molecule has 1 saturated heterocycles. The summed E-state index contributed by atoms with van der Waals surface area (Å²) in [5, 5.41) is 3.34. The molecule has 5 heteroatoms. The van der Waals surface area contributed by atoms with Crippen molar-refractivity contribution >= 4 is 0 Å². The van der Waals surface area contributed by atoms with Crippen molar-refractivity contribution in [3.05, 3.63) is 0 Å². The van der Waals surface area contributed by atoms with E-state index in [1.807, 2.05) is 7.05 Å². The highest BCUT2D eigenvalue weighted by atomic mass is 16.7. The lowest BCUT2D eigenvalue weighted by Gasteiger charge is -2.40. The molecular weight excluding hydrogens is 258 g/mol. The molecule has 0 amide bonds. The summed E-state index contributed by atoms with van der Waals surface area (Å²) in [7, 11) is 1.99. The normalized spacial score (nSPS) is 29.4. The lowest BCUT2D eigenvalue weighted by atomic mass is 9.87. The summed E-state index contributed by atoms with van der Waals surface area (Å²) in [5.41, 5.74) is 0. The van der Waals surface area contributed by atoms with E-state index < -0.39 is 5.79 Å². The molecule has 0 aromatic heterocycles. The largest absolute Gasteiger partial charge is 0.379 e. The number of rotatable bonds is 7. The standard InChI is InChI=1S/C15H29NO4/c1-12(2)11-17-6-7-18-14-10-15(19-8-9-20-15)5-4-13(14)16-3/h12-14,16H,4-11H2,1-3H3. The molecule has 1 spiro atoms. The first-order valence-corrected chi connectivity index (χ1v) is 7.80. The monoisotopic (exact) mass is 287 g/mol. The van der Waals surface area contributed by atoms with Crippen LogP contribution in [0.5, 0.6) is 0 Å². The van der Waals surface area contributed by atoms with E-state index in [0.29, 0.717) is 38.4 Å². The number of hydrogen-bond acceptors (Lipinski definition) is 5. The molecule has 1 heterocycles. The molecule has 2 fully saturated rings. The van der Waals surface area contributed by atoms with Crippen molar-refractivity contribution in [1.82, 2.24) is 5.32 Å². The zero-order chi connectivity index (χ0) is 14.4. The van der Waals surface area contributed by atoms with Gasteiger partial charge in [0.2, 0.25) is 0 Å². The van der Waals surface area contributed by atoms with Crippen LogP contribution in [0.2, 0.25) is 0 Å². The van der Waals surface area contributed by atoms with Gasteiger partial charge in [-0.2, -0.15) is 0 Å². The van der Waals surface area contributed by atoms with Gasteiger partial charge in [0.05, 0.1) is 32.5 Å². The van der Waals surface area contributed by atoms with Crippen LogP contribution >= 0.6 is 0 Å². The van der Waals surface area contributed by atoms with Crippen LogP contribution in [0.4, 0.5) is 0 Å². The number of nitrogens with one attached hydrogen (secondary N) is 1. The Morgan fingerprint density at radius 3 is 2.65 bits per heavy atom. The average Bonchev–Trinajstić information content (AvgIpc) is 2.86. The van der Waals surface area contributed by atoms with Gasteiger partial charge >= 0.3 is 0 Å². The first kappa shape index (κ1) is 16.2. The van der Waals surface area contributed by atoms with E-state index in [2.05, 4.69) is 19.2 Å². The Morgan fingerprint density at radius 1 is 1.25 bits per heavy atom. The summed E-state index contributed by atoms with van der Waals surface area (Å²) in [4.78, 5) is 0. The lowest BCUT2D eigenvalue weighted by Crippen LogP contribution is -2.51. The smallest absolute Gasteiger partial charge is 0.171 e. The molecule has 20 heavy (non-hydrogen) atoms. The summed E-state index contributed by atoms with van der Waals surface area (Å²) in [6, 6.07) is 0.374. The molecule has 5 nitrogen and oxygen atoms in total. The zero-order valence-corrected chi connectivity index (χ0v) is 13.0. The second-order valence-corrected chi connectivity index (χ2v) is 6.12. The molecule has 1 aliphatic heterocycles. The third kappa shape index (κ3) is 4.40. The highest BCUT2D eigenvalue weighted by molar-refractivity contribution is 4.91. The van der Waals surface area contributed by atoms with Crippen molar-refractivity contribution in [2.75, 3.05) is 40.1 Å². The van der Waals surface area contributed by atoms with Gasteiger partial charge in [0.1, 0.15) is 0 Å². The Morgan fingerprint density at radius 2 is 2.00 bits per heavy atom. The van der Waals surface area contributed by atoms with E-state index in [1.54, 1.807) is 0 Å². The van der Waals surface area contributed by atoms with Crippen LogP contribution in [0.1, 0.15) is 33.1 Å². The Hall–Kier alpha value is -0.200. The molecule has 1 aliphatic carbocycles. The first-order chi connectivity index (χ1) is 9.65. The molecule has 1 saturated carbocycles. The predicted molar refractivity (Wildman–Crippen MR) is 76.7 cm³/mol. The second kappa shape index (κ2) is 7.71. The van der Waals surface area contributed by atoms with Crippen LogP contribution < -0.4 is 5.32 Å². The van der Waals surface area contributed by atoms with Crippen molar-refractivity contribution in [3.8, 4) is 0 Å². The molecule has 0 radical (unpaired) electrons. The predicted octanol–water partition coefficient (Wildman–Crippen LogP) is 1.56. The highest BCUT2D eigenvalue weighted by Crippen LogP contribution is 2.37. The van der Waals surface area contributed by atoms with E-state index in [0.717, 1.165) is 25.9 Å². The van der Waals surface area contributed by atoms with E-state index in [-0.39, 0.29) is 6.10 Å². The van der Waals surface area contributed by atoms with Gasteiger partial charge < -0.3 is 24.3 Å². The fourth-order valence-electron chi connectivity index (χ4n) is 2.95. The Balaban J connectivity index is 1.74. The van der Waals surface area contributed by atoms with Crippen molar-refractivity contribution in [2.45, 2.75) is 51.0 Å². The minimum absolute atomic E-state index is 0.134. The van der Waals surface area contributed by atoms with Crippen molar-refractivity contribution in [1.29, 1.82) is 0 Å². The van der Waals surface area contributed by atoms with Crippen LogP contribution in [0.3, 0.4) is 0 Å². The summed E-state index contributed by atoms with van der Waals surface area (Å²) in [6.07, 6.45) is 2.91. The summed E-state index contributed by atoms with van der Waals surface area (Å²) < 4.78 is 23.2. The molecular formula is C15H29NO4. The Bertz CT molecular complexity index is 279. The maximum absolute atomic E-state index is 6.01. The molecule has 0 bridgehead atoms. The van der Waals surface area contributed by atoms with E-state index >= 15 is 0 Å². The lowest BCUT2D eigenvalue weighted by molar-refractivity contribution is -0.207. The Labute approximate surface area is 122 Å². The van der Waals surface area contributed by atoms with Gasteiger partial charge in [-0.15, -0.1) is 0 Å². The maximum atomic E-state index is 6.01. The highest BCUT2D eigenvalue weighted by Gasteiger charge is 2.45. The second-order valence-electron chi connectivity index (χ2n) is 6.12. The summed E-state index contributed by atoms with van der Waals surface area (Å²) in [5.74, 6) is 0.176. The van der Waals surface area contributed by atoms with Gasteiger partial charge in [0.15, 0.2) is 5.79 Å². The van der Waals surface area contributed by atoms with Crippen LogP contribution in [0.25, 0.3) is 0 Å². The van der Waals surface area contributed by atoms with Gasteiger partial charge in [-0.05, 0) is 19.4 Å². The van der Waals surface area contributed by atoms with Crippen LogP contribution in [-0.4, -0.2) is 58.0 Å². The summed E-state index contributed by atoms with van der Waals surface area (Å²) >= 11 is 0.